The van der Waals surface area contributed by atoms with E-state index in [1.165, 1.54) is 23.4 Å². The predicted molar refractivity (Wildman–Crippen MR) is 79.5 cm³/mol. The number of hydrogen-bond donors (Lipinski definition) is 1. The molecular weight excluding hydrogens is 256 g/mol. The van der Waals surface area contributed by atoms with Crippen molar-refractivity contribution in [3.8, 4) is 0 Å². The minimum atomic E-state index is 0.589. The summed E-state index contributed by atoms with van der Waals surface area (Å²) in [5, 5.41) is 8.48. The van der Waals surface area contributed by atoms with Crippen LogP contribution >= 0.6 is 11.8 Å². The molecule has 1 aliphatic rings. The van der Waals surface area contributed by atoms with Crippen LogP contribution in [-0.2, 0) is 6.54 Å². The van der Waals surface area contributed by atoms with Crippen LogP contribution < -0.4 is 5.32 Å². The Labute approximate surface area is 117 Å². The Kier molecular flexibility index (Phi) is 3.73. The maximum Gasteiger partial charge on any atom is 0.137 e. The van der Waals surface area contributed by atoms with Crippen molar-refractivity contribution in [3.63, 3.8) is 0 Å². The summed E-state index contributed by atoms with van der Waals surface area (Å²) in [7, 11) is 0. The van der Waals surface area contributed by atoms with Gasteiger partial charge < -0.3 is 5.32 Å². The second-order valence-corrected chi connectivity index (χ2v) is 6.39. The summed E-state index contributed by atoms with van der Waals surface area (Å²) in [5.41, 5.74) is 2.45. The van der Waals surface area contributed by atoms with Gasteiger partial charge in [-0.1, -0.05) is 19.1 Å². The standard InChI is InChI=1S/C14H18N4S/c1-11-14(5-6-19-11)17-13-4-2-3-12(7-13)8-18-10-15-9-16-18/h2-4,7,9-11,14,17H,5-6,8H2,1H3. The Morgan fingerprint density at radius 1 is 1.47 bits per heavy atom. The highest BCUT2D eigenvalue weighted by Crippen LogP contribution is 2.29. The molecule has 0 aliphatic carbocycles. The van der Waals surface area contributed by atoms with Crippen molar-refractivity contribution < 1.29 is 0 Å². The maximum atomic E-state index is 4.14. The molecule has 3 rings (SSSR count). The molecule has 1 aromatic heterocycles. The predicted octanol–water partition coefficient (Wildman–Crippen LogP) is 2.63. The van der Waals surface area contributed by atoms with Gasteiger partial charge in [0.05, 0.1) is 6.54 Å². The fourth-order valence-electron chi connectivity index (χ4n) is 2.40. The molecule has 0 amide bonds. The highest BCUT2D eigenvalue weighted by atomic mass is 32.2. The summed E-state index contributed by atoms with van der Waals surface area (Å²) in [4.78, 5) is 3.97. The number of benzene rings is 1. The molecule has 1 aliphatic heterocycles. The average molecular weight is 274 g/mol. The van der Waals surface area contributed by atoms with Gasteiger partial charge in [-0.3, -0.25) is 0 Å². The van der Waals surface area contributed by atoms with E-state index in [0.717, 1.165) is 6.54 Å². The minimum absolute atomic E-state index is 0.589. The first kappa shape index (κ1) is 12.5. The lowest BCUT2D eigenvalue weighted by Gasteiger charge is -2.18. The second kappa shape index (κ2) is 5.65. The molecule has 4 nitrogen and oxygen atoms in total. The van der Waals surface area contributed by atoms with E-state index in [1.54, 1.807) is 12.7 Å². The SMILES string of the molecule is CC1SCCC1Nc1cccc(Cn2cncn2)c1. The fourth-order valence-corrected chi connectivity index (χ4v) is 3.59. The number of nitrogens with zero attached hydrogens (tertiary/aromatic N) is 3. The van der Waals surface area contributed by atoms with Crippen molar-refractivity contribution in [1.29, 1.82) is 0 Å². The molecule has 5 heteroatoms. The zero-order chi connectivity index (χ0) is 13.1. The van der Waals surface area contributed by atoms with Gasteiger partial charge in [0, 0.05) is 17.0 Å². The van der Waals surface area contributed by atoms with Crippen molar-refractivity contribution >= 4 is 17.4 Å². The van der Waals surface area contributed by atoms with Crippen molar-refractivity contribution in [2.45, 2.75) is 31.2 Å². The Morgan fingerprint density at radius 3 is 3.16 bits per heavy atom. The highest BCUT2D eigenvalue weighted by molar-refractivity contribution is 8.00. The Balaban J connectivity index is 1.69. The summed E-state index contributed by atoms with van der Waals surface area (Å²) in [5.74, 6) is 1.26. The lowest BCUT2D eigenvalue weighted by molar-refractivity contribution is 0.684. The van der Waals surface area contributed by atoms with Crippen LogP contribution in [-0.4, -0.2) is 31.8 Å². The molecular formula is C14H18N4S. The molecule has 2 unspecified atom stereocenters. The molecule has 1 aromatic carbocycles. The van der Waals surface area contributed by atoms with Gasteiger partial charge in [-0.05, 0) is 29.9 Å². The van der Waals surface area contributed by atoms with Crippen molar-refractivity contribution in [3.05, 3.63) is 42.5 Å². The molecule has 1 saturated heterocycles. The minimum Gasteiger partial charge on any atom is -0.381 e. The van der Waals surface area contributed by atoms with E-state index in [1.807, 2.05) is 16.4 Å². The Bertz CT molecular complexity index is 526. The van der Waals surface area contributed by atoms with Gasteiger partial charge >= 0.3 is 0 Å². The summed E-state index contributed by atoms with van der Waals surface area (Å²) < 4.78 is 1.84. The smallest absolute Gasteiger partial charge is 0.137 e. The molecule has 100 valence electrons. The van der Waals surface area contributed by atoms with Crippen molar-refractivity contribution in [2.24, 2.45) is 0 Å². The van der Waals surface area contributed by atoms with E-state index in [-0.39, 0.29) is 0 Å². The third-order valence-electron chi connectivity index (χ3n) is 3.47. The van der Waals surface area contributed by atoms with Gasteiger partial charge in [0.2, 0.25) is 0 Å². The van der Waals surface area contributed by atoms with E-state index in [2.05, 4.69) is 46.6 Å². The summed E-state index contributed by atoms with van der Waals surface area (Å²) in [6, 6.07) is 9.16. The first-order valence-electron chi connectivity index (χ1n) is 6.61. The lowest BCUT2D eigenvalue weighted by Crippen LogP contribution is -2.24. The van der Waals surface area contributed by atoms with Crippen LogP contribution in [0.4, 0.5) is 5.69 Å². The third-order valence-corrected chi connectivity index (χ3v) is 4.79. The topological polar surface area (TPSA) is 42.7 Å². The molecule has 0 bridgehead atoms. The summed E-state index contributed by atoms with van der Waals surface area (Å²) >= 11 is 2.05. The Hall–Kier alpha value is -1.49. The molecule has 2 aromatic rings. The van der Waals surface area contributed by atoms with E-state index in [9.17, 15) is 0 Å². The quantitative estimate of drug-likeness (QED) is 0.930. The first-order valence-corrected chi connectivity index (χ1v) is 7.65. The van der Waals surface area contributed by atoms with E-state index in [4.69, 9.17) is 0 Å². The number of thioether (sulfide) groups is 1. The molecule has 0 radical (unpaired) electrons. The van der Waals surface area contributed by atoms with Crippen LogP contribution in [0, 0.1) is 0 Å². The molecule has 0 saturated carbocycles. The van der Waals surface area contributed by atoms with Crippen LogP contribution in [0.5, 0.6) is 0 Å². The molecule has 2 heterocycles. The van der Waals surface area contributed by atoms with Gasteiger partial charge in [-0.2, -0.15) is 16.9 Å². The monoisotopic (exact) mass is 274 g/mol. The average Bonchev–Trinajstić information content (AvgIpc) is 3.03. The van der Waals surface area contributed by atoms with E-state index >= 15 is 0 Å². The molecule has 1 N–H and O–H groups in total. The van der Waals surface area contributed by atoms with Crippen LogP contribution in [0.1, 0.15) is 18.9 Å². The number of hydrogen-bond acceptors (Lipinski definition) is 4. The third kappa shape index (κ3) is 3.10. The lowest BCUT2D eigenvalue weighted by atomic mass is 10.1. The number of nitrogens with one attached hydrogen (secondary N) is 1. The van der Waals surface area contributed by atoms with Gasteiger partial charge in [-0.15, -0.1) is 0 Å². The van der Waals surface area contributed by atoms with Crippen LogP contribution in [0.3, 0.4) is 0 Å². The molecule has 0 spiro atoms. The van der Waals surface area contributed by atoms with Gasteiger partial charge in [0.15, 0.2) is 0 Å². The molecule has 2 atom stereocenters. The van der Waals surface area contributed by atoms with Gasteiger partial charge in [-0.25, -0.2) is 9.67 Å². The van der Waals surface area contributed by atoms with E-state index < -0.39 is 0 Å². The highest BCUT2D eigenvalue weighted by Gasteiger charge is 2.23. The Morgan fingerprint density at radius 2 is 2.42 bits per heavy atom. The van der Waals surface area contributed by atoms with Gasteiger partial charge in [0.25, 0.3) is 0 Å². The van der Waals surface area contributed by atoms with Crippen molar-refractivity contribution in [1.82, 2.24) is 14.8 Å². The summed E-state index contributed by atoms with van der Waals surface area (Å²) in [6.45, 7) is 3.07. The second-order valence-electron chi connectivity index (χ2n) is 4.91. The summed E-state index contributed by atoms with van der Waals surface area (Å²) in [6.07, 6.45) is 4.56. The van der Waals surface area contributed by atoms with E-state index in [0.29, 0.717) is 11.3 Å². The largest absolute Gasteiger partial charge is 0.381 e. The van der Waals surface area contributed by atoms with Crippen molar-refractivity contribution in [2.75, 3.05) is 11.1 Å². The fraction of sp³-hybridized carbons (Fsp3) is 0.429. The van der Waals surface area contributed by atoms with Crippen LogP contribution in [0.25, 0.3) is 0 Å². The van der Waals surface area contributed by atoms with Crippen LogP contribution in [0.2, 0.25) is 0 Å². The number of anilines is 1. The molecule has 19 heavy (non-hydrogen) atoms. The maximum absolute atomic E-state index is 4.14. The number of rotatable bonds is 4. The normalized spacial score (nSPS) is 22.6. The zero-order valence-corrected chi connectivity index (χ0v) is 11.8. The first-order chi connectivity index (χ1) is 9.31. The zero-order valence-electron chi connectivity index (χ0n) is 11.0. The molecule has 1 fully saturated rings. The van der Waals surface area contributed by atoms with Gasteiger partial charge in [0.1, 0.15) is 12.7 Å². The number of aromatic nitrogens is 3. The van der Waals surface area contributed by atoms with Crippen LogP contribution in [0.15, 0.2) is 36.9 Å².